The Morgan fingerprint density at radius 2 is 1.64 bits per heavy atom. The number of rotatable bonds is 1. The Morgan fingerprint density at radius 1 is 1.05 bits per heavy atom. The molecule has 1 aromatic carbocycles. The van der Waals surface area contributed by atoms with Crippen LogP contribution in [0.5, 0.6) is 0 Å². The Kier molecular flexibility index (Phi) is 2.91. The lowest BCUT2D eigenvalue weighted by Crippen LogP contribution is -2.41. The lowest BCUT2D eigenvalue weighted by atomic mass is 9.63. The van der Waals surface area contributed by atoms with Crippen LogP contribution in [0.15, 0.2) is 18.2 Å². The Balaban J connectivity index is 1.72. The molecule has 1 saturated heterocycles. The van der Waals surface area contributed by atoms with Gasteiger partial charge in [0.2, 0.25) is 0 Å². The number of hydrogen-bond donors (Lipinski definition) is 0. The summed E-state index contributed by atoms with van der Waals surface area (Å²) in [6, 6.07) is 6.17. The fraction of sp³-hybridized carbons (Fsp3) is 0.667. The van der Waals surface area contributed by atoms with E-state index >= 15 is 4.39 Å². The molecule has 3 aliphatic carbocycles. The van der Waals surface area contributed by atoms with E-state index in [2.05, 4.69) is 12.1 Å². The van der Waals surface area contributed by atoms with Gasteiger partial charge in [-0.25, -0.2) is 4.39 Å². The zero-order valence-corrected chi connectivity index (χ0v) is 13.9. The van der Waals surface area contributed by atoms with Crippen LogP contribution in [0.25, 0.3) is 0 Å². The molecular formula is C18H24BFO2. The Hall–Kier alpha value is -0.865. The van der Waals surface area contributed by atoms with Crippen LogP contribution in [0.3, 0.4) is 0 Å². The van der Waals surface area contributed by atoms with E-state index in [1.165, 1.54) is 5.56 Å². The molecule has 1 heterocycles. The molecular weight excluding hydrogens is 278 g/mol. The van der Waals surface area contributed by atoms with Crippen LogP contribution in [0.2, 0.25) is 0 Å². The summed E-state index contributed by atoms with van der Waals surface area (Å²) in [5, 5.41) is 0. The van der Waals surface area contributed by atoms with Crippen molar-refractivity contribution in [2.45, 2.75) is 76.2 Å². The highest BCUT2D eigenvalue weighted by Gasteiger charge is 2.52. The molecule has 0 radical (unpaired) electrons. The number of halogens is 1. The second kappa shape index (κ2) is 4.36. The van der Waals surface area contributed by atoms with Crippen molar-refractivity contribution in [1.29, 1.82) is 0 Å². The molecule has 5 rings (SSSR count). The maximum atomic E-state index is 15.2. The topological polar surface area (TPSA) is 18.5 Å². The number of hydrogen-bond acceptors (Lipinski definition) is 2. The maximum Gasteiger partial charge on any atom is 0.494 e. The zero-order valence-electron chi connectivity index (χ0n) is 13.9. The minimum Gasteiger partial charge on any atom is -0.399 e. The normalized spacial score (nSPS) is 34.8. The Bertz CT molecular complexity index is 602. The molecule has 4 heteroatoms. The predicted octanol–water partition coefficient (Wildman–Crippen LogP) is 3.82. The van der Waals surface area contributed by atoms with E-state index in [-0.39, 0.29) is 11.2 Å². The summed E-state index contributed by atoms with van der Waals surface area (Å²) in [5.41, 5.74) is 1.19. The lowest BCUT2D eigenvalue weighted by Gasteiger charge is -2.43. The van der Waals surface area contributed by atoms with Crippen LogP contribution >= 0.6 is 0 Å². The van der Waals surface area contributed by atoms with Gasteiger partial charge < -0.3 is 9.31 Å². The summed E-state index contributed by atoms with van der Waals surface area (Å²) in [6.07, 6.45) is 3.30. The summed E-state index contributed by atoms with van der Waals surface area (Å²) in [4.78, 5) is 0. The molecule has 0 unspecified atom stereocenters. The van der Waals surface area contributed by atoms with Crippen LogP contribution in [0.4, 0.5) is 4.39 Å². The number of fused-ring (bicyclic) bond motifs is 2. The van der Waals surface area contributed by atoms with Gasteiger partial charge in [-0.3, -0.25) is 0 Å². The second-order valence-electron chi connectivity index (χ2n) is 8.17. The molecule has 1 saturated carbocycles. The quantitative estimate of drug-likeness (QED) is 0.734. The van der Waals surface area contributed by atoms with E-state index in [9.17, 15) is 0 Å². The van der Waals surface area contributed by atoms with Gasteiger partial charge in [-0.05, 0) is 75.9 Å². The Morgan fingerprint density at radius 3 is 2.23 bits per heavy atom. The van der Waals surface area contributed by atoms with Gasteiger partial charge >= 0.3 is 7.12 Å². The molecule has 2 fully saturated rings. The fourth-order valence-corrected chi connectivity index (χ4v) is 4.10. The van der Waals surface area contributed by atoms with Crippen molar-refractivity contribution in [1.82, 2.24) is 0 Å². The average Bonchev–Trinajstić information content (AvgIpc) is 2.68. The molecule has 0 amide bonds. The predicted molar refractivity (Wildman–Crippen MR) is 86.2 cm³/mol. The zero-order chi connectivity index (χ0) is 15.8. The summed E-state index contributed by atoms with van der Waals surface area (Å²) < 4.78 is 27.4. The van der Waals surface area contributed by atoms with Crippen LogP contribution in [-0.4, -0.2) is 18.3 Å². The van der Waals surface area contributed by atoms with E-state index in [0.717, 1.165) is 23.9 Å². The molecule has 1 aromatic rings. The van der Waals surface area contributed by atoms with Crippen molar-refractivity contribution in [3.8, 4) is 0 Å². The van der Waals surface area contributed by atoms with Gasteiger partial charge in [0.15, 0.2) is 0 Å². The van der Waals surface area contributed by atoms with Gasteiger partial charge in [-0.1, -0.05) is 18.2 Å². The highest BCUT2D eigenvalue weighted by molar-refractivity contribution is 6.62. The van der Waals surface area contributed by atoms with E-state index in [4.69, 9.17) is 9.31 Å². The standard InChI is InChI=1S/C18H24BFO2/c1-16(2)17(3,4)22-19(21-16)13-5-6-14-12-7-9-18(20,10-8-12)15(14)11-13/h5-6,11-12H,7-10H2,1-4H3. The maximum absolute atomic E-state index is 15.2. The van der Waals surface area contributed by atoms with Crippen molar-refractivity contribution >= 4 is 12.6 Å². The van der Waals surface area contributed by atoms with Crippen LogP contribution in [0, 0.1) is 0 Å². The van der Waals surface area contributed by atoms with Gasteiger partial charge in [0.05, 0.1) is 11.2 Å². The van der Waals surface area contributed by atoms with Crippen molar-refractivity contribution < 1.29 is 13.7 Å². The number of alkyl halides is 1. The minimum atomic E-state index is -1.14. The van der Waals surface area contributed by atoms with Crippen LogP contribution in [-0.2, 0) is 15.0 Å². The molecule has 0 N–H and O–H groups in total. The summed E-state index contributed by atoms with van der Waals surface area (Å²) >= 11 is 0. The molecule has 4 aliphatic rings. The van der Waals surface area contributed by atoms with E-state index < -0.39 is 12.8 Å². The first kappa shape index (κ1) is 14.7. The first-order chi connectivity index (χ1) is 10.2. The van der Waals surface area contributed by atoms with Crippen molar-refractivity contribution in [2.75, 3.05) is 0 Å². The third kappa shape index (κ3) is 1.93. The van der Waals surface area contributed by atoms with E-state index in [1.54, 1.807) is 0 Å². The fourth-order valence-electron chi connectivity index (χ4n) is 4.10. The smallest absolute Gasteiger partial charge is 0.399 e. The molecule has 2 nitrogen and oxygen atoms in total. The van der Waals surface area contributed by atoms with Crippen molar-refractivity contribution in [3.05, 3.63) is 29.3 Å². The number of benzene rings is 1. The van der Waals surface area contributed by atoms with Gasteiger partial charge in [0.1, 0.15) is 5.67 Å². The van der Waals surface area contributed by atoms with Crippen LogP contribution < -0.4 is 5.46 Å². The van der Waals surface area contributed by atoms with Crippen molar-refractivity contribution in [3.63, 3.8) is 0 Å². The van der Waals surface area contributed by atoms with E-state index in [0.29, 0.717) is 18.8 Å². The summed E-state index contributed by atoms with van der Waals surface area (Å²) in [6.45, 7) is 8.18. The largest absolute Gasteiger partial charge is 0.494 e. The van der Waals surface area contributed by atoms with Gasteiger partial charge in [0.25, 0.3) is 0 Å². The Labute approximate surface area is 132 Å². The first-order valence-corrected chi connectivity index (χ1v) is 8.41. The lowest BCUT2D eigenvalue weighted by molar-refractivity contribution is 0.00578. The van der Waals surface area contributed by atoms with Crippen LogP contribution in [0.1, 0.15) is 70.4 Å². The molecule has 118 valence electrons. The van der Waals surface area contributed by atoms with Gasteiger partial charge in [-0.2, -0.15) is 0 Å². The van der Waals surface area contributed by atoms with Gasteiger partial charge in [-0.15, -0.1) is 0 Å². The monoisotopic (exact) mass is 302 g/mol. The second-order valence-corrected chi connectivity index (χ2v) is 8.17. The third-order valence-corrected chi connectivity index (χ3v) is 6.30. The first-order valence-electron chi connectivity index (χ1n) is 8.41. The SMILES string of the molecule is CC1(C)OB(c2ccc3c(c2)C2(F)CCC3CC2)OC1(C)C. The average molecular weight is 302 g/mol. The molecule has 2 bridgehead atoms. The van der Waals surface area contributed by atoms with Gasteiger partial charge in [0, 0.05) is 0 Å². The third-order valence-electron chi connectivity index (χ3n) is 6.30. The molecule has 22 heavy (non-hydrogen) atoms. The molecule has 1 aliphatic heterocycles. The highest BCUT2D eigenvalue weighted by atomic mass is 19.1. The molecule has 0 spiro atoms. The molecule has 0 aromatic heterocycles. The van der Waals surface area contributed by atoms with Crippen molar-refractivity contribution in [2.24, 2.45) is 0 Å². The molecule has 0 atom stereocenters. The minimum absolute atomic E-state index is 0.361. The van der Waals surface area contributed by atoms with E-state index in [1.807, 2.05) is 33.8 Å². The highest BCUT2D eigenvalue weighted by Crippen LogP contribution is 2.53. The summed E-state index contributed by atoms with van der Waals surface area (Å²) in [7, 11) is -0.403. The summed E-state index contributed by atoms with van der Waals surface area (Å²) in [5.74, 6) is 0.542.